The first-order chi connectivity index (χ1) is 11.9. The number of H-pyrrole nitrogens is 1. The van der Waals surface area contributed by atoms with Crippen LogP contribution in [0.4, 0.5) is 4.39 Å². The van der Waals surface area contributed by atoms with Crippen molar-refractivity contribution in [3.8, 4) is 0 Å². The summed E-state index contributed by atoms with van der Waals surface area (Å²) in [6, 6.07) is 2.89. The highest BCUT2D eigenvalue weighted by atomic mass is 32.2. The number of rotatable bonds is 3. The lowest BCUT2D eigenvalue weighted by atomic mass is 9.85. The highest BCUT2D eigenvalue weighted by Gasteiger charge is 2.51. The second-order valence-electron chi connectivity index (χ2n) is 6.85. The fourth-order valence-electron chi connectivity index (χ4n) is 4.40. The minimum Gasteiger partial charge on any atom is -0.480 e. The number of sulfonamides is 1. The van der Waals surface area contributed by atoms with E-state index in [2.05, 4.69) is 4.98 Å². The summed E-state index contributed by atoms with van der Waals surface area (Å²) in [5.41, 5.74) is 0.379. The topological polar surface area (TPSA) is 90.5 Å². The normalized spacial score (nSPS) is 27.5. The first-order valence-corrected chi connectivity index (χ1v) is 9.87. The third-order valence-electron chi connectivity index (χ3n) is 5.49. The van der Waals surface area contributed by atoms with Crippen LogP contribution in [0.25, 0.3) is 10.9 Å². The quantitative estimate of drug-likeness (QED) is 0.874. The van der Waals surface area contributed by atoms with Crippen molar-refractivity contribution in [3.05, 3.63) is 30.2 Å². The molecule has 6 nitrogen and oxygen atoms in total. The van der Waals surface area contributed by atoms with E-state index in [1.165, 1.54) is 18.3 Å². The van der Waals surface area contributed by atoms with Crippen molar-refractivity contribution in [2.24, 2.45) is 5.92 Å². The standard InChI is InChI=1S/C17H19FN2O4S/c18-11-5-3-6-12-16(11)15(9-19-12)25(23,24)20-13-7-2-1-4-10(13)8-14(20)17(21)22/h3,5-6,9-10,13-14,19H,1-2,4,7-8H2,(H,21,22). The maximum atomic E-state index is 14.3. The third-order valence-corrected chi connectivity index (χ3v) is 7.45. The number of aromatic nitrogens is 1. The molecule has 4 rings (SSSR count). The van der Waals surface area contributed by atoms with Crippen LogP contribution in [0.3, 0.4) is 0 Å². The van der Waals surface area contributed by atoms with E-state index >= 15 is 0 Å². The molecule has 134 valence electrons. The van der Waals surface area contributed by atoms with Crippen molar-refractivity contribution >= 4 is 26.9 Å². The van der Waals surface area contributed by atoms with E-state index in [0.29, 0.717) is 18.4 Å². The number of halogens is 1. The van der Waals surface area contributed by atoms with Crippen LogP contribution >= 0.6 is 0 Å². The Morgan fingerprint density at radius 2 is 2.04 bits per heavy atom. The van der Waals surface area contributed by atoms with E-state index in [-0.39, 0.29) is 22.2 Å². The number of aromatic amines is 1. The average molecular weight is 366 g/mol. The van der Waals surface area contributed by atoms with Gasteiger partial charge in [0, 0.05) is 17.8 Å². The fraction of sp³-hybridized carbons (Fsp3) is 0.471. The third kappa shape index (κ3) is 2.46. The zero-order valence-corrected chi connectivity index (χ0v) is 14.3. The van der Waals surface area contributed by atoms with Gasteiger partial charge in [-0.3, -0.25) is 4.79 Å². The molecule has 2 aromatic rings. The summed E-state index contributed by atoms with van der Waals surface area (Å²) in [4.78, 5) is 14.3. The van der Waals surface area contributed by atoms with Crippen molar-refractivity contribution in [2.45, 2.75) is 49.1 Å². The molecule has 2 aliphatic rings. The molecule has 2 N–H and O–H groups in total. The molecule has 1 aliphatic heterocycles. The molecule has 0 radical (unpaired) electrons. The Morgan fingerprint density at radius 3 is 2.80 bits per heavy atom. The number of hydrogen-bond donors (Lipinski definition) is 2. The summed E-state index contributed by atoms with van der Waals surface area (Å²) in [6.45, 7) is 0. The first-order valence-electron chi connectivity index (χ1n) is 8.43. The predicted molar refractivity (Wildman–Crippen MR) is 89.1 cm³/mol. The Hall–Kier alpha value is -1.93. The number of hydrogen-bond acceptors (Lipinski definition) is 3. The van der Waals surface area contributed by atoms with Crippen molar-refractivity contribution in [3.63, 3.8) is 0 Å². The van der Waals surface area contributed by atoms with Crippen molar-refractivity contribution < 1.29 is 22.7 Å². The molecule has 1 aromatic heterocycles. The molecule has 1 saturated carbocycles. The molecule has 2 fully saturated rings. The number of carbonyl (C=O) groups is 1. The molecule has 0 amide bonds. The van der Waals surface area contributed by atoms with Gasteiger partial charge in [0.05, 0.1) is 5.39 Å². The van der Waals surface area contributed by atoms with Crippen LogP contribution in [0.2, 0.25) is 0 Å². The van der Waals surface area contributed by atoms with Crippen LogP contribution in [0.5, 0.6) is 0 Å². The van der Waals surface area contributed by atoms with Gasteiger partial charge in [0.25, 0.3) is 0 Å². The fourth-order valence-corrected chi connectivity index (χ4v) is 6.45. The molecule has 1 aromatic carbocycles. The lowest BCUT2D eigenvalue weighted by Gasteiger charge is -2.31. The van der Waals surface area contributed by atoms with Gasteiger partial charge in [-0.2, -0.15) is 4.31 Å². The number of benzene rings is 1. The van der Waals surface area contributed by atoms with Gasteiger partial charge in [-0.1, -0.05) is 18.9 Å². The summed E-state index contributed by atoms with van der Waals surface area (Å²) in [5, 5.41) is 9.56. The SMILES string of the molecule is O=C(O)C1CC2CCCCC2N1S(=O)(=O)c1c[nH]c2cccc(F)c12. The first kappa shape index (κ1) is 16.5. The summed E-state index contributed by atoms with van der Waals surface area (Å²) < 4.78 is 42.0. The van der Waals surface area contributed by atoms with Crippen LogP contribution in [-0.4, -0.2) is 40.9 Å². The van der Waals surface area contributed by atoms with Gasteiger partial charge in [-0.05, 0) is 37.3 Å². The predicted octanol–water partition coefficient (Wildman–Crippen LogP) is 2.71. The molecule has 2 heterocycles. The van der Waals surface area contributed by atoms with Gasteiger partial charge in [-0.25, -0.2) is 12.8 Å². The van der Waals surface area contributed by atoms with E-state index in [1.807, 2.05) is 0 Å². The maximum absolute atomic E-state index is 14.3. The summed E-state index contributed by atoms with van der Waals surface area (Å²) in [6.07, 6.45) is 4.94. The van der Waals surface area contributed by atoms with Crippen LogP contribution in [0, 0.1) is 11.7 Å². The van der Waals surface area contributed by atoms with E-state index in [4.69, 9.17) is 0 Å². The average Bonchev–Trinajstić information content (AvgIpc) is 3.17. The molecular formula is C17H19FN2O4S. The minimum absolute atomic E-state index is 0.00843. The summed E-state index contributed by atoms with van der Waals surface area (Å²) in [5.74, 6) is -1.72. The minimum atomic E-state index is -4.13. The van der Waals surface area contributed by atoms with Gasteiger partial charge < -0.3 is 10.1 Å². The Kier molecular flexibility index (Phi) is 3.84. The number of nitrogens with zero attached hydrogens (tertiary/aromatic N) is 1. The zero-order chi connectivity index (χ0) is 17.8. The number of fused-ring (bicyclic) bond motifs is 2. The van der Waals surface area contributed by atoms with E-state index in [0.717, 1.165) is 23.6 Å². The Labute approximate surface area is 144 Å². The molecular weight excluding hydrogens is 347 g/mol. The van der Waals surface area contributed by atoms with Crippen molar-refractivity contribution in [1.29, 1.82) is 0 Å². The molecule has 3 atom stereocenters. The van der Waals surface area contributed by atoms with Gasteiger partial charge in [0.15, 0.2) is 0 Å². The van der Waals surface area contributed by atoms with E-state index in [9.17, 15) is 22.7 Å². The number of nitrogens with one attached hydrogen (secondary N) is 1. The van der Waals surface area contributed by atoms with Crippen LogP contribution in [0.1, 0.15) is 32.1 Å². The van der Waals surface area contributed by atoms with Crippen LogP contribution in [-0.2, 0) is 14.8 Å². The zero-order valence-electron chi connectivity index (χ0n) is 13.5. The number of carboxylic acids is 1. The number of carboxylic acid groups (broad SMARTS) is 1. The smallest absolute Gasteiger partial charge is 0.322 e. The van der Waals surface area contributed by atoms with Gasteiger partial charge in [0.2, 0.25) is 10.0 Å². The Balaban J connectivity index is 1.86. The van der Waals surface area contributed by atoms with Crippen molar-refractivity contribution in [1.82, 2.24) is 9.29 Å². The lowest BCUT2D eigenvalue weighted by molar-refractivity contribution is -0.141. The van der Waals surface area contributed by atoms with Crippen molar-refractivity contribution in [2.75, 3.05) is 0 Å². The monoisotopic (exact) mass is 366 g/mol. The Morgan fingerprint density at radius 1 is 1.28 bits per heavy atom. The molecule has 0 bridgehead atoms. The van der Waals surface area contributed by atoms with Gasteiger partial charge in [-0.15, -0.1) is 0 Å². The highest BCUT2D eigenvalue weighted by Crippen LogP contribution is 2.43. The highest BCUT2D eigenvalue weighted by molar-refractivity contribution is 7.89. The molecule has 0 spiro atoms. The molecule has 3 unspecified atom stereocenters. The lowest BCUT2D eigenvalue weighted by Crippen LogP contribution is -2.46. The largest absolute Gasteiger partial charge is 0.480 e. The summed E-state index contributed by atoms with van der Waals surface area (Å²) >= 11 is 0. The van der Waals surface area contributed by atoms with Crippen LogP contribution in [0.15, 0.2) is 29.3 Å². The van der Waals surface area contributed by atoms with Gasteiger partial charge >= 0.3 is 5.97 Å². The molecule has 25 heavy (non-hydrogen) atoms. The molecule has 8 heteroatoms. The molecule has 1 saturated heterocycles. The maximum Gasteiger partial charge on any atom is 0.322 e. The van der Waals surface area contributed by atoms with E-state index in [1.54, 1.807) is 6.07 Å². The Bertz CT molecular complexity index is 939. The second kappa shape index (κ2) is 5.81. The van der Waals surface area contributed by atoms with Crippen LogP contribution < -0.4 is 0 Å². The molecule has 1 aliphatic carbocycles. The van der Waals surface area contributed by atoms with Gasteiger partial charge in [0.1, 0.15) is 16.8 Å². The number of aliphatic carboxylic acids is 1. The summed E-state index contributed by atoms with van der Waals surface area (Å²) in [7, 11) is -4.13. The second-order valence-corrected chi connectivity index (χ2v) is 8.66. The van der Waals surface area contributed by atoms with E-state index < -0.39 is 27.9 Å².